The van der Waals surface area contributed by atoms with E-state index in [2.05, 4.69) is 20.0 Å². The molecule has 7 heteroatoms. The van der Waals surface area contributed by atoms with Gasteiger partial charge in [0, 0.05) is 18.9 Å². The van der Waals surface area contributed by atoms with E-state index in [9.17, 15) is 8.42 Å². The fourth-order valence-electron chi connectivity index (χ4n) is 2.18. The molecule has 0 spiro atoms. The normalized spacial score (nSPS) is 11.1. The summed E-state index contributed by atoms with van der Waals surface area (Å²) in [6, 6.07) is 13.9. The van der Waals surface area contributed by atoms with E-state index >= 15 is 0 Å². The molecule has 3 rings (SSSR count). The number of nitrogens with zero attached hydrogens (tertiary/aromatic N) is 2. The summed E-state index contributed by atoms with van der Waals surface area (Å²) in [5.74, 6) is 0.662. The molecule has 0 aliphatic carbocycles. The van der Waals surface area contributed by atoms with E-state index in [0.717, 1.165) is 11.1 Å². The second-order valence-corrected chi connectivity index (χ2v) is 7.24. The summed E-state index contributed by atoms with van der Waals surface area (Å²) in [7, 11) is -3.62. The Labute approximate surface area is 147 Å². The van der Waals surface area contributed by atoms with Gasteiger partial charge < -0.3 is 5.32 Å². The van der Waals surface area contributed by atoms with Crippen molar-refractivity contribution in [2.24, 2.45) is 0 Å². The van der Waals surface area contributed by atoms with Crippen molar-refractivity contribution in [2.45, 2.75) is 18.4 Å². The second-order valence-electron chi connectivity index (χ2n) is 5.56. The van der Waals surface area contributed by atoms with Gasteiger partial charge in [0.05, 0.1) is 16.8 Å². The van der Waals surface area contributed by atoms with Crippen LogP contribution in [0, 0.1) is 6.92 Å². The lowest BCUT2D eigenvalue weighted by Gasteiger charge is -2.09. The molecule has 2 aromatic heterocycles. The zero-order valence-corrected chi connectivity index (χ0v) is 14.5. The van der Waals surface area contributed by atoms with Crippen LogP contribution in [-0.4, -0.2) is 18.4 Å². The molecule has 0 fully saturated rings. The van der Waals surface area contributed by atoms with Gasteiger partial charge in [-0.2, -0.15) is 0 Å². The molecule has 3 aromatic rings. The van der Waals surface area contributed by atoms with Crippen molar-refractivity contribution >= 4 is 21.5 Å². The van der Waals surface area contributed by atoms with Crippen LogP contribution in [0.2, 0.25) is 0 Å². The molecule has 0 bridgehead atoms. The second kappa shape index (κ2) is 7.31. The van der Waals surface area contributed by atoms with Gasteiger partial charge in [0.15, 0.2) is 0 Å². The minimum absolute atomic E-state index is 0.220. The highest BCUT2D eigenvalue weighted by atomic mass is 32.2. The van der Waals surface area contributed by atoms with Crippen molar-refractivity contribution in [2.75, 3.05) is 10.0 Å². The van der Waals surface area contributed by atoms with Gasteiger partial charge in [0.25, 0.3) is 10.0 Å². The first-order valence-corrected chi connectivity index (χ1v) is 9.19. The number of hydrogen-bond acceptors (Lipinski definition) is 5. The lowest BCUT2D eigenvalue weighted by molar-refractivity contribution is 0.601. The summed E-state index contributed by atoms with van der Waals surface area (Å²) < 4.78 is 27.2. The predicted molar refractivity (Wildman–Crippen MR) is 97.8 cm³/mol. The maximum Gasteiger partial charge on any atom is 0.261 e. The molecular weight excluding hydrogens is 336 g/mol. The molecule has 1 aromatic carbocycles. The molecule has 0 unspecified atom stereocenters. The Bertz CT molecular complexity index is 925. The zero-order valence-electron chi connectivity index (χ0n) is 13.7. The summed E-state index contributed by atoms with van der Waals surface area (Å²) in [5.41, 5.74) is 2.50. The van der Waals surface area contributed by atoms with E-state index in [1.54, 1.807) is 48.8 Å². The number of hydrogen-bond donors (Lipinski definition) is 2. The maximum absolute atomic E-state index is 12.3. The topological polar surface area (TPSA) is 84.0 Å². The molecule has 128 valence electrons. The third kappa shape index (κ3) is 4.54. The van der Waals surface area contributed by atoms with Crippen molar-refractivity contribution in [3.63, 3.8) is 0 Å². The number of aromatic nitrogens is 2. The first-order valence-electron chi connectivity index (χ1n) is 7.71. The van der Waals surface area contributed by atoms with Gasteiger partial charge >= 0.3 is 0 Å². The van der Waals surface area contributed by atoms with Gasteiger partial charge in [-0.3, -0.25) is 9.71 Å². The van der Waals surface area contributed by atoms with E-state index < -0.39 is 10.0 Å². The molecule has 0 atom stereocenters. The lowest BCUT2D eigenvalue weighted by Crippen LogP contribution is -2.13. The Kier molecular flexibility index (Phi) is 4.95. The van der Waals surface area contributed by atoms with Crippen molar-refractivity contribution in [1.82, 2.24) is 9.97 Å². The average molecular weight is 354 g/mol. The van der Waals surface area contributed by atoms with Gasteiger partial charge in [0.1, 0.15) is 5.82 Å². The number of sulfonamides is 1. The molecule has 0 saturated carbocycles. The SMILES string of the molecule is Cc1ccc(S(=O)(=O)Nc2ccc(NCc3ccncc3)nc2)cc1. The number of anilines is 2. The van der Waals surface area contributed by atoms with Gasteiger partial charge in [-0.1, -0.05) is 17.7 Å². The molecule has 2 N–H and O–H groups in total. The first-order chi connectivity index (χ1) is 12.0. The number of benzene rings is 1. The standard InChI is InChI=1S/C18H18N4O2S/c1-14-2-5-17(6-3-14)25(23,24)22-16-4-7-18(21-13-16)20-12-15-8-10-19-11-9-15/h2-11,13,22H,12H2,1H3,(H,20,21). The van der Waals surface area contributed by atoms with E-state index in [1.165, 1.54) is 6.20 Å². The Morgan fingerprint density at radius 3 is 2.32 bits per heavy atom. The summed E-state index contributed by atoms with van der Waals surface area (Å²) in [4.78, 5) is 8.42. The van der Waals surface area contributed by atoms with Gasteiger partial charge in [-0.15, -0.1) is 0 Å². The highest BCUT2D eigenvalue weighted by Gasteiger charge is 2.13. The first kappa shape index (κ1) is 16.9. The van der Waals surface area contributed by atoms with Gasteiger partial charge in [-0.25, -0.2) is 13.4 Å². The Morgan fingerprint density at radius 2 is 1.68 bits per heavy atom. The molecule has 0 saturated heterocycles. The van der Waals surface area contributed by atoms with Crippen molar-refractivity contribution in [3.8, 4) is 0 Å². The van der Waals surface area contributed by atoms with Crippen molar-refractivity contribution in [3.05, 3.63) is 78.2 Å². The van der Waals surface area contributed by atoms with E-state index in [0.29, 0.717) is 18.1 Å². The molecular formula is C18H18N4O2S. The number of rotatable bonds is 6. The van der Waals surface area contributed by atoms with Crippen LogP contribution in [0.15, 0.2) is 72.0 Å². The van der Waals surface area contributed by atoms with Crippen LogP contribution in [0.25, 0.3) is 0 Å². The van der Waals surface area contributed by atoms with Crippen LogP contribution in [0.5, 0.6) is 0 Å². The molecule has 0 amide bonds. The van der Waals surface area contributed by atoms with Gasteiger partial charge in [-0.05, 0) is 48.9 Å². The smallest absolute Gasteiger partial charge is 0.261 e. The number of nitrogens with one attached hydrogen (secondary N) is 2. The minimum atomic E-state index is -3.62. The van der Waals surface area contributed by atoms with E-state index in [-0.39, 0.29) is 4.90 Å². The molecule has 6 nitrogen and oxygen atoms in total. The van der Waals surface area contributed by atoms with Crippen LogP contribution in [0.4, 0.5) is 11.5 Å². The number of aryl methyl sites for hydroxylation is 1. The predicted octanol–water partition coefficient (Wildman–Crippen LogP) is 3.20. The molecule has 2 heterocycles. The van der Waals surface area contributed by atoms with Crippen LogP contribution in [-0.2, 0) is 16.6 Å². The lowest BCUT2D eigenvalue weighted by atomic mass is 10.2. The van der Waals surface area contributed by atoms with Gasteiger partial charge in [0.2, 0.25) is 0 Å². The third-order valence-corrected chi connectivity index (χ3v) is 4.97. The highest BCUT2D eigenvalue weighted by molar-refractivity contribution is 7.92. The van der Waals surface area contributed by atoms with Crippen LogP contribution in [0.1, 0.15) is 11.1 Å². The Balaban J connectivity index is 1.65. The highest BCUT2D eigenvalue weighted by Crippen LogP contribution is 2.17. The molecule has 25 heavy (non-hydrogen) atoms. The molecule has 0 aliphatic heterocycles. The van der Waals surface area contributed by atoms with E-state index in [1.807, 2.05) is 19.1 Å². The summed E-state index contributed by atoms with van der Waals surface area (Å²) in [6.45, 7) is 2.52. The largest absolute Gasteiger partial charge is 0.366 e. The Hall–Kier alpha value is -2.93. The quantitative estimate of drug-likeness (QED) is 0.710. The Morgan fingerprint density at radius 1 is 0.960 bits per heavy atom. The average Bonchev–Trinajstić information content (AvgIpc) is 2.62. The molecule has 0 radical (unpaired) electrons. The van der Waals surface area contributed by atoms with Crippen LogP contribution >= 0.6 is 0 Å². The fourth-order valence-corrected chi connectivity index (χ4v) is 3.23. The minimum Gasteiger partial charge on any atom is -0.366 e. The van der Waals surface area contributed by atoms with E-state index in [4.69, 9.17) is 0 Å². The van der Waals surface area contributed by atoms with Crippen molar-refractivity contribution in [1.29, 1.82) is 0 Å². The zero-order chi connectivity index (χ0) is 17.7. The van der Waals surface area contributed by atoms with Crippen molar-refractivity contribution < 1.29 is 8.42 Å². The van der Waals surface area contributed by atoms with Crippen LogP contribution < -0.4 is 10.0 Å². The van der Waals surface area contributed by atoms with Crippen LogP contribution in [0.3, 0.4) is 0 Å². The molecule has 0 aliphatic rings. The maximum atomic E-state index is 12.3. The summed E-state index contributed by atoms with van der Waals surface area (Å²) >= 11 is 0. The number of pyridine rings is 2. The summed E-state index contributed by atoms with van der Waals surface area (Å²) in [6.07, 6.45) is 4.95. The monoisotopic (exact) mass is 354 g/mol. The fraction of sp³-hybridized carbons (Fsp3) is 0.111. The summed E-state index contributed by atoms with van der Waals surface area (Å²) in [5, 5.41) is 3.17. The third-order valence-electron chi connectivity index (χ3n) is 3.57.